The summed E-state index contributed by atoms with van der Waals surface area (Å²) >= 11 is 1.57. The lowest BCUT2D eigenvalue weighted by atomic mass is 10.2. The molecule has 0 aliphatic heterocycles. The molecule has 0 saturated heterocycles. The van der Waals surface area contributed by atoms with Crippen LogP contribution in [0.3, 0.4) is 0 Å². The van der Waals surface area contributed by atoms with Gasteiger partial charge >= 0.3 is 0 Å². The smallest absolute Gasteiger partial charge is 0.226 e. The zero-order valence-corrected chi connectivity index (χ0v) is 17.2. The molecule has 0 bridgehead atoms. The van der Waals surface area contributed by atoms with E-state index in [4.69, 9.17) is 9.26 Å². The van der Waals surface area contributed by atoms with Gasteiger partial charge < -0.3 is 14.6 Å². The number of pyridine rings is 1. The number of rotatable bonds is 10. The van der Waals surface area contributed by atoms with E-state index in [0.29, 0.717) is 44.1 Å². The van der Waals surface area contributed by atoms with Crippen molar-refractivity contribution in [2.24, 2.45) is 0 Å². The number of hydrogen-bond acceptors (Lipinski definition) is 7. The molecular weight excluding hydrogens is 400 g/mol. The molecule has 1 aromatic carbocycles. The maximum absolute atomic E-state index is 12.0. The standard InChI is InChI=1S/C22H22N4O3S/c27-19(10-2-11-20-25-22(26-29-20)18-9-4-15-30-18)23-13-5-14-28-17-8-1-6-16-7-3-12-24-21(16)17/h1,3-4,6-9,12,15H,2,5,10-11,13-14H2,(H,23,27). The highest BCUT2D eigenvalue weighted by Gasteiger charge is 2.10. The first-order valence-corrected chi connectivity index (χ1v) is 10.8. The van der Waals surface area contributed by atoms with Crippen LogP contribution in [0.25, 0.3) is 21.6 Å². The van der Waals surface area contributed by atoms with Gasteiger partial charge in [-0.3, -0.25) is 9.78 Å². The molecule has 1 N–H and O–H groups in total. The second-order valence-corrected chi connectivity index (χ2v) is 7.67. The Bertz CT molecular complexity index is 1090. The fraction of sp³-hybridized carbons (Fsp3) is 0.273. The number of fused-ring (bicyclic) bond motifs is 1. The molecule has 7 nitrogen and oxygen atoms in total. The second kappa shape index (κ2) is 9.98. The van der Waals surface area contributed by atoms with Crippen LogP contribution in [0.2, 0.25) is 0 Å². The molecule has 0 fully saturated rings. The van der Waals surface area contributed by atoms with E-state index in [1.165, 1.54) is 0 Å². The number of aryl methyl sites for hydroxylation is 1. The molecular formula is C22H22N4O3S. The summed E-state index contributed by atoms with van der Waals surface area (Å²) in [5, 5.41) is 9.92. The van der Waals surface area contributed by atoms with Gasteiger partial charge in [0, 0.05) is 31.0 Å². The summed E-state index contributed by atoms with van der Waals surface area (Å²) in [4.78, 5) is 21.7. The molecule has 4 aromatic rings. The van der Waals surface area contributed by atoms with Crippen molar-refractivity contribution in [2.45, 2.75) is 25.7 Å². The van der Waals surface area contributed by atoms with Crippen LogP contribution in [0.4, 0.5) is 0 Å². The average Bonchev–Trinajstić information content (AvgIpc) is 3.46. The quantitative estimate of drug-likeness (QED) is 0.384. The van der Waals surface area contributed by atoms with E-state index in [9.17, 15) is 4.79 Å². The molecule has 0 spiro atoms. The number of thiophene rings is 1. The number of nitrogens with one attached hydrogen (secondary N) is 1. The van der Waals surface area contributed by atoms with Gasteiger partial charge in [0.25, 0.3) is 0 Å². The normalized spacial score (nSPS) is 10.9. The average molecular weight is 423 g/mol. The lowest BCUT2D eigenvalue weighted by Gasteiger charge is -2.09. The lowest BCUT2D eigenvalue weighted by Crippen LogP contribution is -2.25. The van der Waals surface area contributed by atoms with Crippen LogP contribution in [0.15, 0.2) is 58.6 Å². The van der Waals surface area contributed by atoms with Crippen molar-refractivity contribution in [1.29, 1.82) is 0 Å². The number of ether oxygens (including phenoxy) is 1. The van der Waals surface area contributed by atoms with E-state index >= 15 is 0 Å². The molecule has 1 amide bonds. The number of benzene rings is 1. The Morgan fingerprint density at radius 1 is 1.13 bits per heavy atom. The molecule has 0 atom stereocenters. The monoisotopic (exact) mass is 422 g/mol. The van der Waals surface area contributed by atoms with Gasteiger partial charge in [-0.05, 0) is 36.4 Å². The summed E-state index contributed by atoms with van der Waals surface area (Å²) in [6.07, 6.45) is 4.15. The number of carbonyl (C=O) groups excluding carboxylic acids is 1. The van der Waals surface area contributed by atoms with Crippen molar-refractivity contribution in [1.82, 2.24) is 20.4 Å². The zero-order chi connectivity index (χ0) is 20.6. The predicted molar refractivity (Wildman–Crippen MR) is 115 cm³/mol. The van der Waals surface area contributed by atoms with Crippen LogP contribution in [0.1, 0.15) is 25.2 Å². The minimum Gasteiger partial charge on any atom is -0.491 e. The molecule has 0 saturated carbocycles. The minimum atomic E-state index is 0.0137. The summed E-state index contributed by atoms with van der Waals surface area (Å²) in [5.41, 5.74) is 0.854. The van der Waals surface area contributed by atoms with Gasteiger partial charge in [0.05, 0.1) is 11.5 Å². The van der Waals surface area contributed by atoms with Gasteiger partial charge in [-0.2, -0.15) is 4.98 Å². The van der Waals surface area contributed by atoms with Crippen molar-refractivity contribution >= 4 is 28.1 Å². The van der Waals surface area contributed by atoms with E-state index in [2.05, 4.69) is 20.4 Å². The molecule has 154 valence electrons. The summed E-state index contributed by atoms with van der Waals surface area (Å²) in [7, 11) is 0. The predicted octanol–water partition coefficient (Wildman–Crippen LogP) is 4.25. The van der Waals surface area contributed by atoms with E-state index in [1.54, 1.807) is 17.5 Å². The van der Waals surface area contributed by atoms with Gasteiger partial charge in [-0.15, -0.1) is 11.3 Å². The highest BCUT2D eigenvalue weighted by molar-refractivity contribution is 7.13. The third-order valence-electron chi connectivity index (χ3n) is 4.50. The summed E-state index contributed by atoms with van der Waals surface area (Å²) in [6, 6.07) is 13.7. The van der Waals surface area contributed by atoms with Crippen molar-refractivity contribution < 1.29 is 14.1 Å². The second-order valence-electron chi connectivity index (χ2n) is 6.73. The van der Waals surface area contributed by atoms with Crippen LogP contribution in [-0.4, -0.2) is 34.2 Å². The van der Waals surface area contributed by atoms with Gasteiger partial charge in [0.2, 0.25) is 17.6 Å². The third-order valence-corrected chi connectivity index (χ3v) is 5.37. The van der Waals surface area contributed by atoms with Crippen LogP contribution >= 0.6 is 11.3 Å². The van der Waals surface area contributed by atoms with Crippen LogP contribution in [0.5, 0.6) is 5.75 Å². The van der Waals surface area contributed by atoms with Gasteiger partial charge in [-0.1, -0.05) is 29.4 Å². The van der Waals surface area contributed by atoms with Crippen molar-refractivity contribution in [2.75, 3.05) is 13.2 Å². The van der Waals surface area contributed by atoms with Gasteiger partial charge in [0.1, 0.15) is 11.3 Å². The van der Waals surface area contributed by atoms with E-state index < -0.39 is 0 Å². The van der Waals surface area contributed by atoms with Crippen LogP contribution < -0.4 is 10.1 Å². The molecule has 0 aliphatic rings. The molecule has 3 aromatic heterocycles. The van der Waals surface area contributed by atoms with Crippen molar-refractivity contribution in [3.05, 3.63) is 59.9 Å². The minimum absolute atomic E-state index is 0.0137. The van der Waals surface area contributed by atoms with E-state index in [-0.39, 0.29) is 5.91 Å². The Morgan fingerprint density at radius 2 is 2.07 bits per heavy atom. The number of para-hydroxylation sites is 1. The van der Waals surface area contributed by atoms with Gasteiger partial charge in [-0.25, -0.2) is 0 Å². The molecule has 30 heavy (non-hydrogen) atoms. The summed E-state index contributed by atoms with van der Waals surface area (Å²) < 4.78 is 11.1. The van der Waals surface area contributed by atoms with Crippen molar-refractivity contribution in [3.8, 4) is 16.5 Å². The van der Waals surface area contributed by atoms with E-state index in [1.807, 2.05) is 47.8 Å². The first-order valence-electron chi connectivity index (χ1n) is 9.89. The maximum Gasteiger partial charge on any atom is 0.226 e. The first-order chi connectivity index (χ1) is 14.8. The van der Waals surface area contributed by atoms with Gasteiger partial charge in [0.15, 0.2) is 0 Å². The lowest BCUT2D eigenvalue weighted by molar-refractivity contribution is -0.121. The Morgan fingerprint density at radius 3 is 2.97 bits per heavy atom. The first kappa shape index (κ1) is 20.0. The Kier molecular flexibility index (Phi) is 6.66. The fourth-order valence-electron chi connectivity index (χ4n) is 3.03. The zero-order valence-electron chi connectivity index (χ0n) is 16.4. The molecule has 3 heterocycles. The number of nitrogens with zero attached hydrogens (tertiary/aromatic N) is 3. The fourth-order valence-corrected chi connectivity index (χ4v) is 3.67. The highest BCUT2D eigenvalue weighted by atomic mass is 32.1. The maximum atomic E-state index is 12.0. The van der Waals surface area contributed by atoms with Crippen LogP contribution in [0, 0.1) is 0 Å². The number of carbonyl (C=O) groups is 1. The number of amides is 1. The highest BCUT2D eigenvalue weighted by Crippen LogP contribution is 2.23. The van der Waals surface area contributed by atoms with Crippen molar-refractivity contribution in [3.63, 3.8) is 0 Å². The topological polar surface area (TPSA) is 90.1 Å². The number of aromatic nitrogens is 3. The third kappa shape index (κ3) is 5.21. The number of hydrogen-bond donors (Lipinski definition) is 1. The summed E-state index contributed by atoms with van der Waals surface area (Å²) in [6.45, 7) is 1.09. The molecule has 0 unspecified atom stereocenters. The Hall–Kier alpha value is -3.26. The van der Waals surface area contributed by atoms with Crippen LogP contribution in [-0.2, 0) is 11.2 Å². The largest absolute Gasteiger partial charge is 0.491 e. The summed E-state index contributed by atoms with van der Waals surface area (Å²) in [5.74, 6) is 1.94. The molecule has 8 heteroatoms. The molecule has 4 rings (SSSR count). The molecule has 0 aliphatic carbocycles. The van der Waals surface area contributed by atoms with E-state index in [0.717, 1.165) is 28.0 Å². The Balaban J connectivity index is 1.12. The molecule has 0 radical (unpaired) electrons. The SMILES string of the molecule is O=C(CCCc1nc(-c2cccs2)no1)NCCCOc1cccc2cccnc12. The Labute approximate surface area is 178 Å².